The topological polar surface area (TPSA) is 73.6 Å². The van der Waals surface area contributed by atoms with E-state index >= 15 is 0 Å². The third-order valence-corrected chi connectivity index (χ3v) is 5.43. The van der Waals surface area contributed by atoms with Crippen molar-refractivity contribution in [3.05, 3.63) is 42.0 Å². The van der Waals surface area contributed by atoms with Crippen LogP contribution in [0, 0.1) is 0 Å². The number of nitrogens with zero attached hydrogens (tertiary/aromatic N) is 2. The zero-order valence-electron chi connectivity index (χ0n) is 16.9. The third-order valence-electron chi connectivity index (χ3n) is 5.43. The number of aromatic nitrogens is 2. The summed E-state index contributed by atoms with van der Waals surface area (Å²) in [5.41, 5.74) is 2.88. The fourth-order valence-corrected chi connectivity index (χ4v) is 4.16. The molecule has 6 nitrogen and oxygen atoms in total. The van der Waals surface area contributed by atoms with Gasteiger partial charge in [-0.15, -0.1) is 0 Å². The van der Waals surface area contributed by atoms with Crippen LogP contribution < -0.4 is 9.47 Å². The van der Waals surface area contributed by atoms with Gasteiger partial charge in [0.25, 0.3) is 0 Å². The summed E-state index contributed by atoms with van der Waals surface area (Å²) in [6, 6.07) is 11.5. The Bertz CT molecular complexity index is 1030. The monoisotopic (exact) mass is 394 g/mol. The lowest BCUT2D eigenvalue weighted by Gasteiger charge is -2.18. The summed E-state index contributed by atoms with van der Waals surface area (Å²) in [4.78, 5) is 16.3. The van der Waals surface area contributed by atoms with Gasteiger partial charge in [-0.3, -0.25) is 0 Å². The minimum atomic E-state index is -0.941. The van der Waals surface area contributed by atoms with E-state index in [1.54, 1.807) is 12.1 Å². The largest absolute Gasteiger partial charge is 0.490 e. The summed E-state index contributed by atoms with van der Waals surface area (Å²) < 4.78 is 13.8. The maximum Gasteiger partial charge on any atom is 0.335 e. The predicted octanol–water partition coefficient (Wildman–Crippen LogP) is 5.31. The highest BCUT2D eigenvalue weighted by Gasteiger charge is 2.24. The van der Waals surface area contributed by atoms with E-state index in [9.17, 15) is 9.90 Å². The first-order valence-corrected chi connectivity index (χ1v) is 10.3. The summed E-state index contributed by atoms with van der Waals surface area (Å²) in [6.07, 6.45) is 4.61. The van der Waals surface area contributed by atoms with Crippen molar-refractivity contribution in [3.8, 4) is 22.9 Å². The van der Waals surface area contributed by atoms with Crippen molar-refractivity contribution < 1.29 is 19.4 Å². The molecule has 1 aliphatic rings. The Morgan fingerprint density at radius 2 is 1.79 bits per heavy atom. The van der Waals surface area contributed by atoms with Crippen molar-refractivity contribution in [1.29, 1.82) is 0 Å². The van der Waals surface area contributed by atoms with Gasteiger partial charge in [0.2, 0.25) is 0 Å². The molecule has 1 fully saturated rings. The zero-order valence-corrected chi connectivity index (χ0v) is 16.9. The van der Waals surface area contributed by atoms with Gasteiger partial charge in [-0.1, -0.05) is 12.8 Å². The van der Waals surface area contributed by atoms with Crippen LogP contribution in [0.1, 0.15) is 55.9 Å². The minimum Gasteiger partial charge on any atom is -0.490 e. The Morgan fingerprint density at radius 3 is 2.48 bits per heavy atom. The normalized spacial score (nSPS) is 14.4. The fraction of sp³-hybridized carbons (Fsp3) is 0.391. The summed E-state index contributed by atoms with van der Waals surface area (Å²) >= 11 is 0. The van der Waals surface area contributed by atoms with Gasteiger partial charge >= 0.3 is 5.97 Å². The molecule has 0 saturated heterocycles. The number of carboxylic acid groups (broad SMARTS) is 1. The van der Waals surface area contributed by atoms with E-state index in [1.165, 1.54) is 12.8 Å². The molecule has 1 aromatic heterocycles. The molecular weight excluding hydrogens is 368 g/mol. The molecule has 0 radical (unpaired) electrons. The first kappa shape index (κ1) is 19.3. The van der Waals surface area contributed by atoms with Crippen molar-refractivity contribution in [3.63, 3.8) is 0 Å². The quantitative estimate of drug-likeness (QED) is 0.587. The van der Waals surface area contributed by atoms with Gasteiger partial charge in [0.15, 0.2) is 11.5 Å². The Kier molecular flexibility index (Phi) is 5.43. The van der Waals surface area contributed by atoms with Crippen LogP contribution in [0.3, 0.4) is 0 Å². The number of rotatable bonds is 7. The number of carbonyl (C=O) groups is 1. The van der Waals surface area contributed by atoms with E-state index in [-0.39, 0.29) is 5.56 Å². The SMILES string of the molecule is CCOc1ccc(-c2nc3cc(C(=O)O)ccc3n2C2CCCC2)cc1OCC. The molecule has 29 heavy (non-hydrogen) atoms. The average Bonchev–Trinajstić information content (AvgIpc) is 3.36. The molecule has 0 unspecified atom stereocenters. The summed E-state index contributed by atoms with van der Waals surface area (Å²) in [5, 5.41) is 9.36. The van der Waals surface area contributed by atoms with Crippen molar-refractivity contribution in [2.24, 2.45) is 0 Å². The molecule has 1 heterocycles. The zero-order chi connectivity index (χ0) is 20.4. The summed E-state index contributed by atoms with van der Waals surface area (Å²) in [6.45, 7) is 5.01. The smallest absolute Gasteiger partial charge is 0.335 e. The molecule has 6 heteroatoms. The number of benzene rings is 2. The molecule has 152 valence electrons. The molecule has 1 aliphatic carbocycles. The molecule has 0 amide bonds. The van der Waals surface area contributed by atoms with E-state index in [4.69, 9.17) is 14.5 Å². The third kappa shape index (κ3) is 3.67. The van der Waals surface area contributed by atoms with Crippen LogP contribution in [0.15, 0.2) is 36.4 Å². The Labute approximate surface area is 170 Å². The molecule has 2 aromatic carbocycles. The number of hydrogen-bond donors (Lipinski definition) is 1. The van der Waals surface area contributed by atoms with Crippen LogP contribution in [0.2, 0.25) is 0 Å². The highest BCUT2D eigenvalue weighted by Crippen LogP contribution is 2.39. The first-order valence-electron chi connectivity index (χ1n) is 10.3. The first-order chi connectivity index (χ1) is 14.1. The lowest BCUT2D eigenvalue weighted by atomic mass is 10.1. The number of hydrogen-bond acceptors (Lipinski definition) is 4. The Balaban J connectivity index is 1.88. The summed E-state index contributed by atoms with van der Waals surface area (Å²) in [7, 11) is 0. The molecule has 0 spiro atoms. The van der Waals surface area contributed by atoms with Gasteiger partial charge in [0.05, 0.1) is 29.8 Å². The van der Waals surface area contributed by atoms with Crippen molar-refractivity contribution in [2.45, 2.75) is 45.6 Å². The summed E-state index contributed by atoms with van der Waals surface area (Å²) in [5.74, 6) is 1.32. The number of imidazole rings is 1. The van der Waals surface area contributed by atoms with Crippen LogP contribution in [-0.2, 0) is 0 Å². The molecule has 1 N–H and O–H groups in total. The molecule has 3 aromatic rings. The van der Waals surface area contributed by atoms with Crippen molar-refractivity contribution in [1.82, 2.24) is 9.55 Å². The molecule has 0 atom stereocenters. The minimum absolute atomic E-state index is 0.252. The average molecular weight is 394 g/mol. The van der Waals surface area contributed by atoms with Crippen molar-refractivity contribution >= 4 is 17.0 Å². The Hall–Kier alpha value is -3.02. The van der Waals surface area contributed by atoms with Gasteiger partial charge in [0.1, 0.15) is 5.82 Å². The van der Waals surface area contributed by atoms with Gasteiger partial charge in [-0.2, -0.15) is 0 Å². The lowest BCUT2D eigenvalue weighted by molar-refractivity contribution is 0.0697. The van der Waals surface area contributed by atoms with E-state index in [0.717, 1.165) is 35.5 Å². The van der Waals surface area contributed by atoms with Gasteiger partial charge in [0, 0.05) is 11.6 Å². The number of carboxylic acids is 1. The van der Waals surface area contributed by atoms with Crippen LogP contribution >= 0.6 is 0 Å². The second kappa shape index (κ2) is 8.15. The maximum atomic E-state index is 11.4. The van der Waals surface area contributed by atoms with Gasteiger partial charge < -0.3 is 19.1 Å². The maximum absolute atomic E-state index is 11.4. The number of fused-ring (bicyclic) bond motifs is 1. The molecule has 0 bridgehead atoms. The van der Waals surface area contributed by atoms with Crippen molar-refractivity contribution in [2.75, 3.05) is 13.2 Å². The van der Waals surface area contributed by atoms with E-state index in [0.29, 0.717) is 30.5 Å². The fourth-order valence-electron chi connectivity index (χ4n) is 4.16. The van der Waals surface area contributed by atoms with E-state index in [2.05, 4.69) is 4.57 Å². The van der Waals surface area contributed by atoms with Crippen LogP contribution in [0.4, 0.5) is 0 Å². The molecule has 4 rings (SSSR count). The second-order valence-electron chi connectivity index (χ2n) is 7.28. The predicted molar refractivity (Wildman–Crippen MR) is 112 cm³/mol. The molecular formula is C23H26N2O4. The van der Waals surface area contributed by atoms with Crippen LogP contribution in [0.25, 0.3) is 22.4 Å². The lowest BCUT2D eigenvalue weighted by Crippen LogP contribution is -2.07. The van der Waals surface area contributed by atoms with Gasteiger partial charge in [-0.25, -0.2) is 9.78 Å². The number of aromatic carboxylic acids is 1. The van der Waals surface area contributed by atoms with E-state index in [1.807, 2.05) is 38.1 Å². The van der Waals surface area contributed by atoms with Crippen LogP contribution in [-0.4, -0.2) is 33.8 Å². The second-order valence-corrected chi connectivity index (χ2v) is 7.28. The van der Waals surface area contributed by atoms with E-state index < -0.39 is 5.97 Å². The number of ether oxygens (including phenoxy) is 2. The van der Waals surface area contributed by atoms with Crippen LogP contribution in [0.5, 0.6) is 11.5 Å². The highest BCUT2D eigenvalue weighted by molar-refractivity contribution is 5.93. The molecule has 0 aliphatic heterocycles. The molecule has 1 saturated carbocycles. The Morgan fingerprint density at radius 1 is 1.07 bits per heavy atom. The standard InChI is InChI=1S/C23H26N2O4/c1-3-28-20-12-10-15(14-21(20)29-4-2)22-24-18-13-16(23(26)27)9-11-19(18)25(22)17-7-5-6-8-17/h9-14,17H,3-8H2,1-2H3,(H,26,27). The van der Waals surface area contributed by atoms with Gasteiger partial charge in [-0.05, 0) is 63.1 Å². The highest BCUT2D eigenvalue weighted by atomic mass is 16.5.